The number of nitrogens with zero attached hydrogens (tertiary/aromatic N) is 2. The van der Waals surface area contributed by atoms with Crippen molar-refractivity contribution < 1.29 is 4.79 Å². The van der Waals surface area contributed by atoms with E-state index in [0.717, 1.165) is 22.0 Å². The Morgan fingerprint density at radius 2 is 2.12 bits per heavy atom. The topological polar surface area (TPSA) is 54.9 Å². The molecule has 3 aromatic rings. The van der Waals surface area contributed by atoms with Crippen LogP contribution in [0, 0.1) is 0 Å². The summed E-state index contributed by atoms with van der Waals surface area (Å²) in [6, 6.07) is 11.8. The first-order valence-electron chi connectivity index (χ1n) is 7.86. The van der Waals surface area contributed by atoms with Gasteiger partial charge in [0.05, 0.1) is 12.1 Å². The van der Waals surface area contributed by atoms with Gasteiger partial charge in [0.2, 0.25) is 5.91 Å². The van der Waals surface area contributed by atoms with Crippen LogP contribution in [0.5, 0.6) is 0 Å². The zero-order valence-corrected chi connectivity index (χ0v) is 14.5. The second kappa shape index (κ2) is 7.36. The molecule has 24 heavy (non-hydrogen) atoms. The van der Waals surface area contributed by atoms with Crippen LogP contribution in [0.15, 0.2) is 54.2 Å². The Hall–Kier alpha value is -2.53. The average molecular weight is 337 g/mol. The van der Waals surface area contributed by atoms with Crippen LogP contribution in [0.25, 0.3) is 10.6 Å². The first-order chi connectivity index (χ1) is 11.6. The Labute approximate surface area is 145 Å². The number of carbonyl (C=O) groups excluding carboxylic acids is 1. The summed E-state index contributed by atoms with van der Waals surface area (Å²) in [5.74, 6) is 0.376. The van der Waals surface area contributed by atoms with E-state index in [2.05, 4.69) is 35.2 Å². The van der Waals surface area contributed by atoms with Gasteiger partial charge in [-0.1, -0.05) is 26.0 Å². The van der Waals surface area contributed by atoms with Crippen LogP contribution >= 0.6 is 11.3 Å². The molecule has 3 rings (SSSR count). The number of hydrogen-bond acceptors (Lipinski definition) is 4. The number of aromatic nitrogens is 2. The van der Waals surface area contributed by atoms with Gasteiger partial charge in [0.1, 0.15) is 5.01 Å². The predicted molar refractivity (Wildman–Crippen MR) is 98.2 cm³/mol. The van der Waals surface area contributed by atoms with E-state index < -0.39 is 0 Å². The summed E-state index contributed by atoms with van der Waals surface area (Å²) in [6.07, 6.45) is 3.78. The maximum absolute atomic E-state index is 12.2. The first kappa shape index (κ1) is 16.3. The van der Waals surface area contributed by atoms with Gasteiger partial charge in [-0.15, -0.1) is 11.3 Å². The van der Waals surface area contributed by atoms with Gasteiger partial charge in [0.15, 0.2) is 0 Å². The van der Waals surface area contributed by atoms with Gasteiger partial charge in [-0.25, -0.2) is 4.98 Å². The maximum atomic E-state index is 12.2. The van der Waals surface area contributed by atoms with Crippen LogP contribution in [0.4, 0.5) is 5.69 Å². The fourth-order valence-electron chi connectivity index (χ4n) is 2.36. The highest BCUT2D eigenvalue weighted by atomic mass is 32.1. The molecule has 1 N–H and O–H groups in total. The molecule has 0 unspecified atom stereocenters. The standard InChI is InChI=1S/C19H19N3OS/c1-13(2)14-5-3-7-16(9-14)21-18(23)10-17-12-24-19(22-17)15-6-4-8-20-11-15/h3-9,11-13H,10H2,1-2H3,(H,21,23). The molecule has 122 valence electrons. The van der Waals surface area contributed by atoms with Crippen LogP contribution in [-0.4, -0.2) is 15.9 Å². The van der Waals surface area contributed by atoms with Gasteiger partial charge in [0, 0.05) is 29.0 Å². The monoisotopic (exact) mass is 337 g/mol. The molecular weight excluding hydrogens is 318 g/mol. The lowest BCUT2D eigenvalue weighted by Crippen LogP contribution is -2.14. The Morgan fingerprint density at radius 3 is 2.88 bits per heavy atom. The van der Waals surface area contributed by atoms with Crippen molar-refractivity contribution in [3.63, 3.8) is 0 Å². The molecule has 0 radical (unpaired) electrons. The minimum atomic E-state index is -0.0565. The zero-order valence-electron chi connectivity index (χ0n) is 13.7. The lowest BCUT2D eigenvalue weighted by Gasteiger charge is -2.09. The van der Waals surface area contributed by atoms with E-state index in [1.54, 1.807) is 12.4 Å². The summed E-state index contributed by atoms with van der Waals surface area (Å²) < 4.78 is 0. The second-order valence-corrected chi connectivity index (χ2v) is 6.75. The molecule has 0 aliphatic carbocycles. The van der Waals surface area contributed by atoms with Gasteiger partial charge in [-0.3, -0.25) is 9.78 Å². The Morgan fingerprint density at radius 1 is 1.25 bits per heavy atom. The van der Waals surface area contributed by atoms with Crippen molar-refractivity contribution in [2.45, 2.75) is 26.2 Å². The highest BCUT2D eigenvalue weighted by molar-refractivity contribution is 7.13. The molecule has 1 aromatic carbocycles. The van der Waals surface area contributed by atoms with E-state index in [9.17, 15) is 4.79 Å². The smallest absolute Gasteiger partial charge is 0.230 e. The summed E-state index contributed by atoms with van der Waals surface area (Å²) in [7, 11) is 0. The minimum absolute atomic E-state index is 0.0565. The predicted octanol–water partition coefficient (Wildman–Crippen LogP) is 4.51. The van der Waals surface area contributed by atoms with Crippen molar-refractivity contribution in [2.75, 3.05) is 5.32 Å². The molecule has 0 aliphatic heterocycles. The Kier molecular flexibility index (Phi) is 5.01. The highest BCUT2D eigenvalue weighted by Gasteiger charge is 2.10. The maximum Gasteiger partial charge on any atom is 0.230 e. The minimum Gasteiger partial charge on any atom is -0.326 e. The zero-order chi connectivity index (χ0) is 16.9. The lowest BCUT2D eigenvalue weighted by atomic mass is 10.0. The van der Waals surface area contributed by atoms with Gasteiger partial charge in [-0.2, -0.15) is 0 Å². The van der Waals surface area contributed by atoms with Crippen LogP contribution in [-0.2, 0) is 11.2 Å². The molecule has 0 saturated carbocycles. The number of hydrogen-bond donors (Lipinski definition) is 1. The molecule has 2 aromatic heterocycles. The summed E-state index contributed by atoms with van der Waals surface area (Å²) >= 11 is 1.53. The molecule has 1 amide bonds. The van der Waals surface area contributed by atoms with Crippen molar-refractivity contribution in [1.29, 1.82) is 0 Å². The number of thiazole rings is 1. The van der Waals surface area contributed by atoms with Crippen molar-refractivity contribution in [2.24, 2.45) is 0 Å². The molecule has 0 fully saturated rings. The van der Waals surface area contributed by atoms with Gasteiger partial charge in [-0.05, 0) is 35.7 Å². The molecule has 0 saturated heterocycles. The van der Waals surface area contributed by atoms with Crippen LogP contribution in [0.3, 0.4) is 0 Å². The molecule has 0 aliphatic rings. The first-order valence-corrected chi connectivity index (χ1v) is 8.74. The van der Waals surface area contributed by atoms with Crippen molar-refractivity contribution in [3.05, 3.63) is 65.4 Å². The van der Waals surface area contributed by atoms with Gasteiger partial charge >= 0.3 is 0 Å². The quantitative estimate of drug-likeness (QED) is 0.745. The number of amides is 1. The fraction of sp³-hybridized carbons (Fsp3) is 0.211. The van der Waals surface area contributed by atoms with Crippen molar-refractivity contribution in [1.82, 2.24) is 9.97 Å². The third kappa shape index (κ3) is 4.06. The summed E-state index contributed by atoms with van der Waals surface area (Å²) in [5, 5.41) is 5.75. The number of rotatable bonds is 5. The molecule has 0 spiro atoms. The number of pyridine rings is 1. The number of anilines is 1. The molecule has 0 bridgehead atoms. The van der Waals surface area contributed by atoms with E-state index in [1.807, 2.05) is 35.7 Å². The number of carbonyl (C=O) groups is 1. The molecule has 5 heteroatoms. The number of benzene rings is 1. The van der Waals surface area contributed by atoms with Gasteiger partial charge in [0.25, 0.3) is 0 Å². The van der Waals surface area contributed by atoms with Crippen molar-refractivity contribution >= 4 is 22.9 Å². The van der Waals surface area contributed by atoms with E-state index in [0.29, 0.717) is 5.92 Å². The highest BCUT2D eigenvalue weighted by Crippen LogP contribution is 2.23. The summed E-state index contributed by atoms with van der Waals surface area (Å²) in [5.41, 5.74) is 3.78. The largest absolute Gasteiger partial charge is 0.326 e. The fourth-order valence-corrected chi connectivity index (χ4v) is 3.17. The Bertz CT molecular complexity index is 827. The van der Waals surface area contributed by atoms with Crippen molar-refractivity contribution in [3.8, 4) is 10.6 Å². The third-order valence-electron chi connectivity index (χ3n) is 3.64. The summed E-state index contributed by atoms with van der Waals surface area (Å²) in [6.45, 7) is 4.27. The van der Waals surface area contributed by atoms with E-state index in [1.165, 1.54) is 16.9 Å². The molecule has 4 nitrogen and oxygen atoms in total. The Balaban J connectivity index is 1.65. The normalized spacial score (nSPS) is 10.8. The SMILES string of the molecule is CC(C)c1cccc(NC(=O)Cc2csc(-c3cccnc3)n2)c1. The van der Waals surface area contributed by atoms with Crippen LogP contribution in [0.1, 0.15) is 31.0 Å². The lowest BCUT2D eigenvalue weighted by molar-refractivity contribution is -0.115. The van der Waals surface area contributed by atoms with Crippen LogP contribution < -0.4 is 5.32 Å². The number of nitrogens with one attached hydrogen (secondary N) is 1. The van der Waals surface area contributed by atoms with E-state index in [4.69, 9.17) is 0 Å². The van der Waals surface area contributed by atoms with Gasteiger partial charge < -0.3 is 5.32 Å². The molecular formula is C19H19N3OS. The van der Waals surface area contributed by atoms with Crippen LogP contribution in [0.2, 0.25) is 0 Å². The van der Waals surface area contributed by atoms with E-state index in [-0.39, 0.29) is 12.3 Å². The molecule has 2 heterocycles. The molecule has 0 atom stereocenters. The second-order valence-electron chi connectivity index (χ2n) is 5.89. The third-order valence-corrected chi connectivity index (χ3v) is 4.58. The van der Waals surface area contributed by atoms with E-state index >= 15 is 0 Å². The average Bonchev–Trinajstić information content (AvgIpc) is 3.04. The summed E-state index contributed by atoms with van der Waals surface area (Å²) in [4.78, 5) is 20.9.